The molecule has 0 aromatic carbocycles. The molecule has 0 radical (unpaired) electrons. The third-order valence-electron chi connectivity index (χ3n) is 1.35. The van der Waals surface area contributed by atoms with Gasteiger partial charge < -0.3 is 15.4 Å². The lowest BCUT2D eigenvalue weighted by Gasteiger charge is -2.04. The van der Waals surface area contributed by atoms with E-state index in [1.54, 1.807) is 25.4 Å². The van der Waals surface area contributed by atoms with Gasteiger partial charge in [-0.05, 0) is 6.07 Å². The topological polar surface area (TPSA) is 65.4 Å². The lowest BCUT2D eigenvalue weighted by Crippen LogP contribution is -2.32. The zero-order chi connectivity index (χ0) is 8.27. The van der Waals surface area contributed by atoms with E-state index in [2.05, 4.69) is 10.3 Å². The molecule has 1 aromatic rings. The molecule has 0 aliphatic carbocycles. The number of hydrogen-bond donors (Lipinski definition) is 3. The molecule has 0 fully saturated rings. The second-order valence-electron chi connectivity index (χ2n) is 2.06. The number of pyridine rings is 1. The molecule has 0 bridgehead atoms. The van der Waals surface area contributed by atoms with Gasteiger partial charge in [0.25, 0.3) is 0 Å². The molecule has 0 spiro atoms. The van der Waals surface area contributed by atoms with E-state index in [1.165, 1.54) is 0 Å². The SMILES string of the molecule is CNc1ncccc1B(O)O. The molecule has 1 aromatic heterocycles. The molecule has 0 aliphatic heterocycles. The maximum Gasteiger partial charge on any atom is 0.492 e. The zero-order valence-corrected chi connectivity index (χ0v) is 6.15. The quantitative estimate of drug-likeness (QED) is 0.466. The Morgan fingerprint density at radius 1 is 1.55 bits per heavy atom. The van der Waals surface area contributed by atoms with Crippen LogP contribution in [0, 0.1) is 0 Å². The summed E-state index contributed by atoms with van der Waals surface area (Å²) in [6, 6.07) is 3.25. The van der Waals surface area contributed by atoms with Crippen LogP contribution in [0.4, 0.5) is 5.82 Å². The van der Waals surface area contributed by atoms with Crippen LogP contribution < -0.4 is 10.8 Å². The molecule has 5 heteroatoms. The van der Waals surface area contributed by atoms with Gasteiger partial charge in [-0.2, -0.15) is 0 Å². The van der Waals surface area contributed by atoms with Gasteiger partial charge in [0.15, 0.2) is 0 Å². The van der Waals surface area contributed by atoms with E-state index < -0.39 is 7.12 Å². The Morgan fingerprint density at radius 2 is 2.27 bits per heavy atom. The van der Waals surface area contributed by atoms with Crippen LogP contribution in [0.3, 0.4) is 0 Å². The fraction of sp³-hybridized carbons (Fsp3) is 0.167. The molecule has 0 aliphatic rings. The van der Waals surface area contributed by atoms with Crippen LogP contribution >= 0.6 is 0 Å². The Kier molecular flexibility index (Phi) is 2.46. The van der Waals surface area contributed by atoms with E-state index in [9.17, 15) is 0 Å². The Labute approximate surface area is 65.0 Å². The van der Waals surface area contributed by atoms with Crippen molar-refractivity contribution in [2.75, 3.05) is 12.4 Å². The van der Waals surface area contributed by atoms with Gasteiger partial charge >= 0.3 is 7.12 Å². The minimum atomic E-state index is -1.47. The number of nitrogens with one attached hydrogen (secondary N) is 1. The van der Waals surface area contributed by atoms with Crippen LogP contribution in [0.25, 0.3) is 0 Å². The minimum absolute atomic E-state index is 0.384. The molecule has 1 heterocycles. The van der Waals surface area contributed by atoms with Crippen molar-refractivity contribution >= 4 is 18.4 Å². The van der Waals surface area contributed by atoms with E-state index >= 15 is 0 Å². The van der Waals surface area contributed by atoms with Crippen molar-refractivity contribution < 1.29 is 10.0 Å². The highest BCUT2D eigenvalue weighted by Gasteiger charge is 2.14. The standard InChI is InChI=1S/C6H9BN2O2/c1-8-6-5(7(10)11)3-2-4-9-6/h2-4,10-11H,1H3,(H,8,9). The first-order valence-corrected chi connectivity index (χ1v) is 3.24. The van der Waals surface area contributed by atoms with Gasteiger partial charge in [-0.25, -0.2) is 4.98 Å². The zero-order valence-electron chi connectivity index (χ0n) is 6.15. The molecule has 0 saturated heterocycles. The van der Waals surface area contributed by atoms with E-state index in [-0.39, 0.29) is 0 Å². The van der Waals surface area contributed by atoms with Gasteiger partial charge in [0.05, 0.1) is 0 Å². The van der Waals surface area contributed by atoms with Gasteiger partial charge in [0, 0.05) is 18.7 Å². The molecule has 11 heavy (non-hydrogen) atoms. The fourth-order valence-corrected chi connectivity index (χ4v) is 0.835. The summed E-state index contributed by atoms with van der Waals surface area (Å²) in [6.07, 6.45) is 1.58. The molecule has 4 nitrogen and oxygen atoms in total. The lowest BCUT2D eigenvalue weighted by molar-refractivity contribution is 0.426. The highest BCUT2D eigenvalue weighted by Crippen LogP contribution is 1.95. The first-order valence-electron chi connectivity index (χ1n) is 3.24. The third-order valence-corrected chi connectivity index (χ3v) is 1.35. The van der Waals surface area contributed by atoms with Gasteiger partial charge in [-0.1, -0.05) is 6.07 Å². The van der Waals surface area contributed by atoms with Crippen LogP contribution in [-0.4, -0.2) is 29.2 Å². The normalized spacial score (nSPS) is 9.36. The van der Waals surface area contributed by atoms with Crippen molar-refractivity contribution in [2.24, 2.45) is 0 Å². The summed E-state index contributed by atoms with van der Waals surface area (Å²) in [5, 5.41) is 20.4. The van der Waals surface area contributed by atoms with Crippen molar-refractivity contribution in [3.63, 3.8) is 0 Å². The molecule has 0 amide bonds. The smallest absolute Gasteiger partial charge is 0.423 e. The maximum absolute atomic E-state index is 8.81. The van der Waals surface area contributed by atoms with Crippen LogP contribution in [0.15, 0.2) is 18.3 Å². The molecular weight excluding hydrogens is 143 g/mol. The molecule has 3 N–H and O–H groups in total. The molecule has 0 unspecified atom stereocenters. The van der Waals surface area contributed by atoms with Gasteiger partial charge in [-0.15, -0.1) is 0 Å². The average molecular weight is 152 g/mol. The Hall–Kier alpha value is -1.07. The monoisotopic (exact) mass is 152 g/mol. The Bertz CT molecular complexity index is 242. The first-order chi connectivity index (χ1) is 5.25. The van der Waals surface area contributed by atoms with Crippen LogP contribution in [0.5, 0.6) is 0 Å². The van der Waals surface area contributed by atoms with Crippen molar-refractivity contribution in [3.8, 4) is 0 Å². The van der Waals surface area contributed by atoms with Crippen molar-refractivity contribution in [2.45, 2.75) is 0 Å². The van der Waals surface area contributed by atoms with Crippen LogP contribution in [-0.2, 0) is 0 Å². The number of nitrogens with zero attached hydrogens (tertiary/aromatic N) is 1. The van der Waals surface area contributed by atoms with E-state index in [0.717, 1.165) is 0 Å². The molecule has 58 valence electrons. The number of rotatable bonds is 2. The van der Waals surface area contributed by atoms with Gasteiger partial charge in [0.2, 0.25) is 0 Å². The minimum Gasteiger partial charge on any atom is -0.423 e. The fourth-order valence-electron chi connectivity index (χ4n) is 0.835. The Balaban J connectivity index is 3.02. The summed E-state index contributed by atoms with van der Waals surface area (Å²) >= 11 is 0. The van der Waals surface area contributed by atoms with Crippen molar-refractivity contribution in [1.82, 2.24) is 4.98 Å². The summed E-state index contributed by atoms with van der Waals surface area (Å²) in [5.74, 6) is 0.488. The summed E-state index contributed by atoms with van der Waals surface area (Å²) < 4.78 is 0. The van der Waals surface area contributed by atoms with Gasteiger partial charge in [0.1, 0.15) is 5.82 Å². The number of hydrogen-bond acceptors (Lipinski definition) is 4. The summed E-state index contributed by atoms with van der Waals surface area (Å²) in [5.41, 5.74) is 0.384. The molecule has 1 rings (SSSR count). The maximum atomic E-state index is 8.81. The van der Waals surface area contributed by atoms with Crippen molar-refractivity contribution in [3.05, 3.63) is 18.3 Å². The van der Waals surface area contributed by atoms with Crippen LogP contribution in [0.1, 0.15) is 0 Å². The van der Waals surface area contributed by atoms with Gasteiger partial charge in [-0.3, -0.25) is 0 Å². The average Bonchev–Trinajstić information content (AvgIpc) is 2.04. The van der Waals surface area contributed by atoms with E-state index in [4.69, 9.17) is 10.0 Å². The Morgan fingerprint density at radius 3 is 2.73 bits per heavy atom. The highest BCUT2D eigenvalue weighted by atomic mass is 16.4. The molecule has 0 atom stereocenters. The largest absolute Gasteiger partial charge is 0.492 e. The van der Waals surface area contributed by atoms with E-state index in [0.29, 0.717) is 11.3 Å². The first kappa shape index (κ1) is 8.04. The molecular formula is C6H9BN2O2. The van der Waals surface area contributed by atoms with E-state index in [1.807, 2.05) is 0 Å². The van der Waals surface area contributed by atoms with Crippen molar-refractivity contribution in [1.29, 1.82) is 0 Å². The number of aromatic nitrogens is 1. The predicted molar refractivity (Wildman–Crippen MR) is 43.6 cm³/mol. The second-order valence-corrected chi connectivity index (χ2v) is 2.06. The number of anilines is 1. The summed E-state index contributed by atoms with van der Waals surface area (Å²) in [4.78, 5) is 3.89. The highest BCUT2D eigenvalue weighted by molar-refractivity contribution is 6.60. The summed E-state index contributed by atoms with van der Waals surface area (Å²) in [6.45, 7) is 0. The predicted octanol–water partition coefficient (Wildman–Crippen LogP) is -1.20. The lowest BCUT2D eigenvalue weighted by atomic mass is 9.80. The molecule has 0 saturated carbocycles. The summed E-state index contributed by atoms with van der Waals surface area (Å²) in [7, 11) is 0.208. The van der Waals surface area contributed by atoms with Crippen LogP contribution in [0.2, 0.25) is 0 Å². The third kappa shape index (κ3) is 1.69. The second kappa shape index (κ2) is 3.36.